The summed E-state index contributed by atoms with van der Waals surface area (Å²) in [7, 11) is 0. The van der Waals surface area contributed by atoms with Crippen molar-refractivity contribution in [1.82, 2.24) is 0 Å². The second kappa shape index (κ2) is 6.00. The van der Waals surface area contributed by atoms with E-state index in [4.69, 9.17) is 0 Å². The third-order valence-corrected chi connectivity index (χ3v) is 3.57. The molecule has 2 aromatic carbocycles. The van der Waals surface area contributed by atoms with Crippen molar-refractivity contribution >= 4 is 27.3 Å². The van der Waals surface area contributed by atoms with Crippen molar-refractivity contribution in [3.8, 4) is 0 Å². The van der Waals surface area contributed by atoms with Crippen LogP contribution in [0, 0.1) is 15.9 Å². The van der Waals surface area contributed by atoms with Crippen molar-refractivity contribution in [1.29, 1.82) is 0 Å². The van der Waals surface area contributed by atoms with Gasteiger partial charge >= 0.3 is 0 Å². The summed E-state index contributed by atoms with van der Waals surface area (Å²) in [5, 5.41) is 13.9. The molecule has 6 heteroatoms. The predicted molar refractivity (Wildman–Crippen MR) is 79.2 cm³/mol. The summed E-state index contributed by atoms with van der Waals surface area (Å²) in [6, 6.07) is 10.5. The second-order valence-electron chi connectivity index (χ2n) is 4.34. The minimum Gasteiger partial charge on any atom is -0.377 e. The lowest BCUT2D eigenvalue weighted by atomic mass is 10.1. The van der Waals surface area contributed by atoms with E-state index in [-0.39, 0.29) is 17.5 Å². The van der Waals surface area contributed by atoms with E-state index in [9.17, 15) is 14.5 Å². The third kappa shape index (κ3) is 3.33. The molecule has 2 rings (SSSR count). The minimum atomic E-state index is -0.454. The third-order valence-electron chi connectivity index (χ3n) is 2.88. The number of benzene rings is 2. The van der Waals surface area contributed by atoms with Crippen LogP contribution in [0.5, 0.6) is 0 Å². The van der Waals surface area contributed by atoms with Crippen LogP contribution in [0.15, 0.2) is 46.9 Å². The van der Waals surface area contributed by atoms with Gasteiger partial charge in [0.05, 0.1) is 10.6 Å². The fourth-order valence-electron chi connectivity index (χ4n) is 1.83. The van der Waals surface area contributed by atoms with Crippen LogP contribution < -0.4 is 5.32 Å². The van der Waals surface area contributed by atoms with Crippen LogP contribution in [0.3, 0.4) is 0 Å². The molecule has 104 valence electrons. The van der Waals surface area contributed by atoms with E-state index in [1.165, 1.54) is 24.3 Å². The summed E-state index contributed by atoms with van der Waals surface area (Å²) < 4.78 is 13.9. The van der Waals surface area contributed by atoms with Crippen molar-refractivity contribution < 1.29 is 9.31 Å². The number of halogens is 2. The highest BCUT2D eigenvalue weighted by Gasteiger charge is 2.12. The van der Waals surface area contributed by atoms with Crippen LogP contribution in [0.4, 0.5) is 15.8 Å². The number of nitro benzene ring substituents is 1. The fourth-order valence-corrected chi connectivity index (χ4v) is 2.19. The largest absolute Gasteiger partial charge is 0.377 e. The summed E-state index contributed by atoms with van der Waals surface area (Å²) in [6.45, 7) is 1.86. The van der Waals surface area contributed by atoms with Gasteiger partial charge in [-0.1, -0.05) is 12.1 Å². The highest BCUT2D eigenvalue weighted by Crippen LogP contribution is 2.30. The van der Waals surface area contributed by atoms with Crippen molar-refractivity contribution in [2.24, 2.45) is 0 Å². The maximum Gasteiger partial charge on any atom is 0.271 e. The number of anilines is 1. The molecule has 0 saturated carbocycles. The van der Waals surface area contributed by atoms with Crippen molar-refractivity contribution in [3.63, 3.8) is 0 Å². The Morgan fingerprint density at radius 2 is 2.05 bits per heavy atom. The molecule has 0 amide bonds. The van der Waals surface area contributed by atoms with Gasteiger partial charge in [-0.15, -0.1) is 0 Å². The molecule has 2 aromatic rings. The number of hydrogen-bond donors (Lipinski definition) is 1. The summed E-state index contributed by atoms with van der Waals surface area (Å²) in [4.78, 5) is 10.3. The average Bonchev–Trinajstić information content (AvgIpc) is 2.41. The molecule has 20 heavy (non-hydrogen) atoms. The molecule has 0 aliphatic heterocycles. The highest BCUT2D eigenvalue weighted by molar-refractivity contribution is 9.10. The zero-order valence-electron chi connectivity index (χ0n) is 10.6. The summed E-state index contributed by atoms with van der Waals surface area (Å²) >= 11 is 3.34. The van der Waals surface area contributed by atoms with Gasteiger partial charge in [0.25, 0.3) is 5.69 Å². The second-order valence-corrected chi connectivity index (χ2v) is 5.20. The van der Waals surface area contributed by atoms with E-state index in [1.807, 2.05) is 6.92 Å². The molecule has 0 aliphatic rings. The van der Waals surface area contributed by atoms with Crippen molar-refractivity contribution in [2.45, 2.75) is 13.0 Å². The Balaban J connectivity index is 2.25. The topological polar surface area (TPSA) is 55.2 Å². The standard InChI is InChI=1S/C14H12BrFN2O2/c1-9(10-3-2-4-11(16)7-10)17-14-8-12(18(19)20)5-6-13(14)15/h2-9,17H,1H3. The van der Waals surface area contributed by atoms with Gasteiger partial charge in [0, 0.05) is 22.6 Å². The predicted octanol–water partition coefficient (Wildman–Crippen LogP) is 4.67. The van der Waals surface area contributed by atoms with Crippen LogP contribution in [-0.2, 0) is 0 Å². The first-order valence-electron chi connectivity index (χ1n) is 5.93. The molecule has 1 N–H and O–H groups in total. The number of non-ortho nitro benzene ring substituents is 1. The van der Waals surface area contributed by atoms with Gasteiger partial charge in [-0.05, 0) is 46.6 Å². The molecular formula is C14H12BrFN2O2. The number of rotatable bonds is 4. The molecule has 0 bridgehead atoms. The van der Waals surface area contributed by atoms with Crippen LogP contribution in [0.1, 0.15) is 18.5 Å². The number of nitrogens with zero attached hydrogens (tertiary/aromatic N) is 1. The molecule has 0 aliphatic carbocycles. The van der Waals surface area contributed by atoms with Crippen LogP contribution in [-0.4, -0.2) is 4.92 Å². The molecule has 0 saturated heterocycles. The summed E-state index contributed by atoms with van der Waals surface area (Å²) in [6.07, 6.45) is 0. The Labute approximate surface area is 123 Å². The molecule has 1 atom stereocenters. The minimum absolute atomic E-state index is 0.00198. The van der Waals surface area contributed by atoms with Gasteiger partial charge in [-0.25, -0.2) is 4.39 Å². The highest BCUT2D eigenvalue weighted by atomic mass is 79.9. The average molecular weight is 339 g/mol. The Hall–Kier alpha value is -1.95. The van der Waals surface area contributed by atoms with Gasteiger partial charge in [-0.2, -0.15) is 0 Å². The zero-order chi connectivity index (χ0) is 14.7. The summed E-state index contributed by atoms with van der Waals surface area (Å²) in [5.41, 5.74) is 1.36. The monoisotopic (exact) mass is 338 g/mol. The van der Waals surface area contributed by atoms with Gasteiger partial charge in [0.2, 0.25) is 0 Å². The molecule has 1 unspecified atom stereocenters. The van der Waals surface area contributed by atoms with Gasteiger partial charge in [0.15, 0.2) is 0 Å². The SMILES string of the molecule is CC(Nc1cc([N+](=O)[O-])ccc1Br)c1cccc(F)c1. The van der Waals surface area contributed by atoms with E-state index in [1.54, 1.807) is 18.2 Å². The molecule has 4 nitrogen and oxygen atoms in total. The molecule has 0 aromatic heterocycles. The lowest BCUT2D eigenvalue weighted by Gasteiger charge is -2.16. The fraction of sp³-hybridized carbons (Fsp3) is 0.143. The maximum absolute atomic E-state index is 13.2. The normalized spacial score (nSPS) is 11.9. The quantitative estimate of drug-likeness (QED) is 0.651. The van der Waals surface area contributed by atoms with Gasteiger partial charge < -0.3 is 5.32 Å². The molecule has 0 spiro atoms. The lowest BCUT2D eigenvalue weighted by molar-refractivity contribution is -0.384. The van der Waals surface area contributed by atoms with E-state index in [0.717, 1.165) is 5.56 Å². The Bertz CT molecular complexity index is 649. The zero-order valence-corrected chi connectivity index (χ0v) is 12.2. The molecule has 0 heterocycles. The molecular weight excluding hydrogens is 327 g/mol. The van der Waals surface area contributed by atoms with Crippen molar-refractivity contribution in [3.05, 3.63) is 68.4 Å². The smallest absolute Gasteiger partial charge is 0.271 e. The Morgan fingerprint density at radius 3 is 2.70 bits per heavy atom. The first-order valence-corrected chi connectivity index (χ1v) is 6.72. The van der Waals surface area contributed by atoms with E-state index >= 15 is 0 Å². The molecule has 0 fully saturated rings. The first-order chi connectivity index (χ1) is 9.47. The number of nitro groups is 1. The van der Waals surface area contributed by atoms with Crippen LogP contribution in [0.25, 0.3) is 0 Å². The lowest BCUT2D eigenvalue weighted by Crippen LogP contribution is -2.07. The molecule has 0 radical (unpaired) electrons. The van der Waals surface area contributed by atoms with Crippen LogP contribution >= 0.6 is 15.9 Å². The number of nitrogens with one attached hydrogen (secondary N) is 1. The van der Waals surface area contributed by atoms with Gasteiger partial charge in [0.1, 0.15) is 5.82 Å². The van der Waals surface area contributed by atoms with Gasteiger partial charge in [-0.3, -0.25) is 10.1 Å². The van der Waals surface area contributed by atoms with E-state index in [0.29, 0.717) is 10.2 Å². The maximum atomic E-state index is 13.2. The van der Waals surface area contributed by atoms with E-state index in [2.05, 4.69) is 21.2 Å². The Kier molecular flexibility index (Phi) is 4.34. The summed E-state index contributed by atoms with van der Waals surface area (Å²) in [5.74, 6) is -0.311. The number of hydrogen-bond acceptors (Lipinski definition) is 3. The van der Waals surface area contributed by atoms with E-state index < -0.39 is 4.92 Å². The van der Waals surface area contributed by atoms with Crippen molar-refractivity contribution in [2.75, 3.05) is 5.32 Å². The first kappa shape index (κ1) is 14.5. The Morgan fingerprint density at radius 1 is 1.30 bits per heavy atom. The van der Waals surface area contributed by atoms with Crippen LogP contribution in [0.2, 0.25) is 0 Å².